The Morgan fingerprint density at radius 2 is 1.82 bits per heavy atom. The van der Waals surface area contributed by atoms with Crippen LogP contribution >= 0.6 is 0 Å². The van der Waals surface area contributed by atoms with Crippen molar-refractivity contribution in [2.45, 2.75) is 31.9 Å². The Morgan fingerprint density at radius 1 is 1.16 bits per heavy atom. The second-order valence-corrected chi connectivity index (χ2v) is 8.98. The van der Waals surface area contributed by atoms with Gasteiger partial charge >= 0.3 is 0 Å². The molecule has 204 valence electrons. The molecule has 2 N–H and O–H groups in total. The number of carbonyl (C=O) groups is 1. The summed E-state index contributed by atoms with van der Waals surface area (Å²) in [6, 6.07) is -0.723. The van der Waals surface area contributed by atoms with Gasteiger partial charge in [0.25, 0.3) is 12.3 Å². The van der Waals surface area contributed by atoms with Crippen molar-refractivity contribution >= 4 is 22.8 Å². The Balaban J connectivity index is 1.97. The highest BCUT2D eigenvalue weighted by Gasteiger charge is 2.31. The van der Waals surface area contributed by atoms with Crippen LogP contribution in [0, 0.1) is 29.2 Å². The van der Waals surface area contributed by atoms with Gasteiger partial charge in [0, 0.05) is 37.3 Å². The minimum atomic E-state index is -3.23. The number of halogens is 7. The van der Waals surface area contributed by atoms with Gasteiger partial charge in [-0.15, -0.1) is 0 Å². The number of pyridine rings is 2. The summed E-state index contributed by atoms with van der Waals surface area (Å²) in [6.07, 6.45) is -3.15. The molecule has 38 heavy (non-hydrogen) atoms. The third-order valence-electron chi connectivity index (χ3n) is 6.27. The van der Waals surface area contributed by atoms with E-state index in [9.17, 15) is 41.0 Å². The minimum Gasteiger partial charge on any atom is -0.391 e. The van der Waals surface area contributed by atoms with Crippen molar-refractivity contribution in [1.29, 1.82) is 0 Å². The average Bonchev–Trinajstić information content (AvgIpc) is 3.28. The molecule has 3 atom stereocenters. The van der Waals surface area contributed by atoms with Crippen LogP contribution < -0.4 is 15.6 Å². The number of fused-ring (bicyclic) bond motifs is 1. The lowest BCUT2D eigenvalue weighted by Crippen LogP contribution is -2.46. The first-order chi connectivity index (χ1) is 17.9. The number of hydrogen-bond donors (Lipinski definition) is 2. The predicted molar refractivity (Wildman–Crippen MR) is 122 cm³/mol. The summed E-state index contributed by atoms with van der Waals surface area (Å²) in [5, 5.41) is 11.0. The molecule has 1 saturated heterocycles. The van der Waals surface area contributed by atoms with Gasteiger partial charge in [0.15, 0.2) is 28.9 Å². The van der Waals surface area contributed by atoms with Gasteiger partial charge in [0.05, 0.1) is 24.2 Å². The third-order valence-corrected chi connectivity index (χ3v) is 6.27. The number of aliphatic hydroxyl groups excluding tert-OH is 1. The Hall–Kier alpha value is -3.68. The van der Waals surface area contributed by atoms with E-state index in [0.29, 0.717) is 29.0 Å². The Bertz CT molecular complexity index is 1430. The van der Waals surface area contributed by atoms with Gasteiger partial charge in [0.2, 0.25) is 5.43 Å². The largest absolute Gasteiger partial charge is 0.391 e. The number of hydrogen-bond acceptors (Lipinski definition) is 5. The number of aliphatic hydroxyl groups is 1. The summed E-state index contributed by atoms with van der Waals surface area (Å²) < 4.78 is 98.7. The van der Waals surface area contributed by atoms with Gasteiger partial charge in [-0.2, -0.15) is 0 Å². The first kappa shape index (κ1) is 27.4. The zero-order valence-electron chi connectivity index (χ0n) is 19.7. The zero-order chi connectivity index (χ0) is 27.9. The lowest BCUT2D eigenvalue weighted by molar-refractivity contribution is 0.0560. The van der Waals surface area contributed by atoms with Crippen LogP contribution in [0.1, 0.15) is 23.7 Å². The maximum atomic E-state index is 15.1. The molecule has 2 unspecified atom stereocenters. The number of β-amino-alcohol motifs (C(OH)–C–C–N with tert-alkyl or cyclic N) is 1. The van der Waals surface area contributed by atoms with Crippen LogP contribution in [0.4, 0.5) is 36.6 Å². The number of alkyl halides is 3. The molecule has 1 aliphatic heterocycles. The van der Waals surface area contributed by atoms with Crippen LogP contribution in [0.5, 0.6) is 0 Å². The van der Waals surface area contributed by atoms with E-state index >= 15 is 4.39 Å². The maximum absolute atomic E-state index is 15.1. The van der Waals surface area contributed by atoms with Crippen LogP contribution in [0.3, 0.4) is 0 Å². The van der Waals surface area contributed by atoms with Crippen LogP contribution in [0.15, 0.2) is 29.2 Å². The van der Waals surface area contributed by atoms with E-state index in [0.717, 1.165) is 6.92 Å². The molecular formula is C24H21F7N4O3. The highest BCUT2D eigenvalue weighted by Crippen LogP contribution is 2.28. The average molecular weight is 546 g/mol. The lowest BCUT2D eigenvalue weighted by Gasteiger charge is -2.23. The molecule has 0 aliphatic carbocycles. The molecule has 3 heterocycles. The highest BCUT2D eigenvalue weighted by atomic mass is 19.3. The topological polar surface area (TPSA) is 87.5 Å². The molecule has 0 saturated carbocycles. The number of aromatic nitrogens is 2. The van der Waals surface area contributed by atoms with Gasteiger partial charge in [-0.25, -0.2) is 31.3 Å². The number of nitrogens with one attached hydrogen (secondary N) is 1. The lowest BCUT2D eigenvalue weighted by atomic mass is 10.0. The molecule has 7 nitrogen and oxygen atoms in total. The summed E-state index contributed by atoms with van der Waals surface area (Å²) in [5.74, 6) is -8.45. The minimum absolute atomic E-state index is 0.0266. The van der Waals surface area contributed by atoms with E-state index in [4.69, 9.17) is 0 Å². The van der Waals surface area contributed by atoms with E-state index in [2.05, 4.69) is 4.98 Å². The molecule has 0 radical (unpaired) electrons. The van der Waals surface area contributed by atoms with Crippen LogP contribution in [0.2, 0.25) is 0 Å². The normalized spacial score (nSPS) is 17.3. The number of anilines is 1. The fourth-order valence-electron chi connectivity index (χ4n) is 4.25. The SMILES string of the molecule is CC(CF)C(NC(=O)c1cn(-c2c(F)cc(F)cc2F)c2nc(N3CC[C@H](O)C3)c(F)cc2c1=O)C(F)F. The number of nitrogens with zero attached hydrogens (tertiary/aromatic N) is 3. The summed E-state index contributed by atoms with van der Waals surface area (Å²) in [7, 11) is 0. The first-order valence-corrected chi connectivity index (χ1v) is 11.4. The quantitative estimate of drug-likeness (QED) is 0.444. The molecule has 1 fully saturated rings. The van der Waals surface area contributed by atoms with Crippen molar-refractivity contribution in [3.05, 3.63) is 63.5 Å². The summed E-state index contributed by atoms with van der Waals surface area (Å²) in [5.41, 5.74) is -3.66. The zero-order valence-corrected chi connectivity index (χ0v) is 19.7. The standard InChI is InChI=1S/C24H21F7N4O3/c1-10(7-25)18(21(30)31)32-24(38)14-9-35(19-15(27)4-11(26)5-16(19)28)22-13(20(14)37)6-17(29)23(33-22)34-3-2-12(36)8-34/h4-6,9-10,12,18,21,36H,2-3,7-8H2,1H3,(H,32,38)/t10?,12-,18?/m0/s1. The fourth-order valence-corrected chi connectivity index (χ4v) is 4.25. The molecule has 3 aromatic rings. The van der Waals surface area contributed by atoms with E-state index in [1.54, 1.807) is 0 Å². The second kappa shape index (κ2) is 10.6. The van der Waals surface area contributed by atoms with Gasteiger partial charge in [0.1, 0.15) is 17.1 Å². The summed E-state index contributed by atoms with van der Waals surface area (Å²) >= 11 is 0. The van der Waals surface area contributed by atoms with Crippen LogP contribution in [0.25, 0.3) is 16.7 Å². The number of carbonyl (C=O) groups excluding carboxylic acids is 1. The molecule has 1 aromatic carbocycles. The molecule has 1 amide bonds. The van der Waals surface area contributed by atoms with Gasteiger partial charge in [-0.1, -0.05) is 6.92 Å². The van der Waals surface area contributed by atoms with Crippen molar-refractivity contribution in [3.63, 3.8) is 0 Å². The molecule has 1 aliphatic rings. The van der Waals surface area contributed by atoms with Crippen molar-refractivity contribution in [2.24, 2.45) is 5.92 Å². The van der Waals surface area contributed by atoms with Gasteiger partial charge in [-0.3, -0.25) is 18.5 Å². The van der Waals surface area contributed by atoms with Crippen molar-refractivity contribution in [1.82, 2.24) is 14.9 Å². The molecule has 0 bridgehead atoms. The molecular weight excluding hydrogens is 525 g/mol. The van der Waals surface area contributed by atoms with E-state index < -0.39 is 88.1 Å². The second-order valence-electron chi connectivity index (χ2n) is 8.98. The molecule has 4 rings (SSSR count). The van der Waals surface area contributed by atoms with Crippen molar-refractivity contribution in [3.8, 4) is 5.69 Å². The van der Waals surface area contributed by atoms with E-state index in [1.807, 2.05) is 5.32 Å². The fraction of sp³-hybridized carbons (Fsp3) is 0.375. The Labute approximate surface area is 210 Å². The Morgan fingerprint density at radius 3 is 2.37 bits per heavy atom. The van der Waals surface area contributed by atoms with Crippen molar-refractivity contribution in [2.75, 3.05) is 24.7 Å². The van der Waals surface area contributed by atoms with E-state index in [-0.39, 0.29) is 25.3 Å². The van der Waals surface area contributed by atoms with E-state index in [1.165, 1.54) is 4.90 Å². The predicted octanol–water partition coefficient (Wildman–Crippen LogP) is 3.48. The number of amides is 1. The first-order valence-electron chi connectivity index (χ1n) is 11.4. The molecule has 14 heteroatoms. The van der Waals surface area contributed by atoms with Crippen LogP contribution in [-0.2, 0) is 0 Å². The summed E-state index contributed by atoms with van der Waals surface area (Å²) in [4.78, 5) is 31.4. The monoisotopic (exact) mass is 546 g/mol. The van der Waals surface area contributed by atoms with Crippen molar-refractivity contribution < 1.29 is 40.6 Å². The van der Waals surface area contributed by atoms with Gasteiger partial charge in [-0.05, 0) is 12.5 Å². The summed E-state index contributed by atoms with van der Waals surface area (Å²) in [6.45, 7) is 0.00503. The highest BCUT2D eigenvalue weighted by molar-refractivity contribution is 5.97. The number of rotatable bonds is 7. The smallest absolute Gasteiger partial charge is 0.258 e. The van der Waals surface area contributed by atoms with Crippen LogP contribution in [-0.4, -0.2) is 58.9 Å². The Kier molecular flexibility index (Phi) is 7.63. The van der Waals surface area contributed by atoms with Gasteiger partial charge < -0.3 is 15.3 Å². The number of benzene rings is 1. The molecule has 0 spiro atoms. The maximum Gasteiger partial charge on any atom is 0.258 e. The third kappa shape index (κ3) is 5.04. The molecule has 2 aromatic heterocycles.